The lowest BCUT2D eigenvalue weighted by molar-refractivity contribution is 0.0481. The maximum atomic E-state index is 11.9. The fourth-order valence-electron chi connectivity index (χ4n) is 2.10. The lowest BCUT2D eigenvalue weighted by Crippen LogP contribution is -2.36. The third-order valence-corrected chi connectivity index (χ3v) is 3.11. The minimum absolute atomic E-state index is 0.242. The molecule has 1 amide bonds. The summed E-state index contributed by atoms with van der Waals surface area (Å²) >= 11 is 0. The van der Waals surface area contributed by atoms with Crippen molar-refractivity contribution in [2.24, 2.45) is 0 Å². The lowest BCUT2D eigenvalue weighted by atomic mass is 10.1. The second kappa shape index (κ2) is 10.5. The largest absolute Gasteiger partial charge is 0.457 e. The highest BCUT2D eigenvalue weighted by atomic mass is 16.6. The number of rotatable bonds is 5. The molecule has 2 aromatic carbocycles. The SMILES string of the molecule is CC.CC(C)(C)OC(=O)NC(CO)c1cccc(Oc2ccccc2)c1. The van der Waals surface area contributed by atoms with Crippen molar-refractivity contribution in [3.05, 3.63) is 60.2 Å². The van der Waals surface area contributed by atoms with Crippen molar-refractivity contribution in [3.63, 3.8) is 0 Å². The fraction of sp³-hybridized carbons (Fsp3) is 0.381. The van der Waals surface area contributed by atoms with E-state index in [0.717, 1.165) is 11.3 Å². The number of para-hydroxylation sites is 1. The van der Waals surface area contributed by atoms with E-state index in [1.165, 1.54) is 0 Å². The summed E-state index contributed by atoms with van der Waals surface area (Å²) in [6.07, 6.45) is -0.573. The molecule has 0 heterocycles. The van der Waals surface area contributed by atoms with Gasteiger partial charge in [0.2, 0.25) is 0 Å². The number of hydrogen-bond donors (Lipinski definition) is 2. The number of aliphatic hydroxyl groups excluding tert-OH is 1. The van der Waals surface area contributed by atoms with Crippen LogP contribution in [0.2, 0.25) is 0 Å². The van der Waals surface area contributed by atoms with E-state index in [1.54, 1.807) is 26.8 Å². The number of carbonyl (C=O) groups excluding carboxylic acids is 1. The van der Waals surface area contributed by atoms with E-state index in [9.17, 15) is 9.90 Å². The van der Waals surface area contributed by atoms with Crippen LogP contribution in [0.15, 0.2) is 54.6 Å². The van der Waals surface area contributed by atoms with Crippen molar-refractivity contribution in [1.82, 2.24) is 5.32 Å². The third-order valence-electron chi connectivity index (χ3n) is 3.11. The smallest absolute Gasteiger partial charge is 0.408 e. The van der Waals surface area contributed by atoms with Crippen LogP contribution in [-0.4, -0.2) is 23.4 Å². The highest BCUT2D eigenvalue weighted by Gasteiger charge is 2.20. The normalized spacial score (nSPS) is 11.6. The van der Waals surface area contributed by atoms with Gasteiger partial charge in [0.15, 0.2) is 0 Å². The number of nitrogens with one attached hydrogen (secondary N) is 1. The van der Waals surface area contributed by atoms with Crippen LogP contribution in [-0.2, 0) is 4.74 Å². The average molecular weight is 359 g/mol. The molecule has 1 atom stereocenters. The first-order valence-corrected chi connectivity index (χ1v) is 8.80. The number of ether oxygens (including phenoxy) is 2. The Morgan fingerprint density at radius 3 is 2.23 bits per heavy atom. The van der Waals surface area contributed by atoms with Crippen molar-refractivity contribution in [2.45, 2.75) is 46.3 Å². The molecule has 0 aliphatic heterocycles. The van der Waals surface area contributed by atoms with Crippen LogP contribution in [0.1, 0.15) is 46.2 Å². The average Bonchev–Trinajstić information content (AvgIpc) is 2.61. The number of benzene rings is 2. The number of amides is 1. The summed E-state index contributed by atoms with van der Waals surface area (Å²) < 4.78 is 11.0. The second-order valence-corrected chi connectivity index (χ2v) is 6.37. The summed E-state index contributed by atoms with van der Waals surface area (Å²) in [6, 6.07) is 16.1. The summed E-state index contributed by atoms with van der Waals surface area (Å²) in [7, 11) is 0. The molecule has 5 nitrogen and oxygen atoms in total. The first-order chi connectivity index (χ1) is 12.4. The Hall–Kier alpha value is -2.53. The van der Waals surface area contributed by atoms with Crippen LogP contribution in [0.25, 0.3) is 0 Å². The van der Waals surface area contributed by atoms with E-state index >= 15 is 0 Å². The number of hydrogen-bond acceptors (Lipinski definition) is 4. The molecule has 1 unspecified atom stereocenters. The Morgan fingerprint density at radius 2 is 1.65 bits per heavy atom. The maximum absolute atomic E-state index is 11.9. The van der Waals surface area contributed by atoms with Gasteiger partial charge in [0.1, 0.15) is 17.1 Å². The van der Waals surface area contributed by atoms with E-state index in [4.69, 9.17) is 9.47 Å². The van der Waals surface area contributed by atoms with Crippen molar-refractivity contribution in [3.8, 4) is 11.5 Å². The Labute approximate surface area is 156 Å². The molecule has 2 aromatic rings. The number of carbonyl (C=O) groups is 1. The molecule has 0 aromatic heterocycles. The summed E-state index contributed by atoms with van der Waals surface area (Å²) in [5, 5.41) is 12.3. The van der Waals surface area contributed by atoms with Gasteiger partial charge in [-0.25, -0.2) is 4.79 Å². The molecule has 26 heavy (non-hydrogen) atoms. The van der Waals surface area contributed by atoms with Gasteiger partial charge < -0.3 is 19.9 Å². The molecular formula is C21H29NO4. The van der Waals surface area contributed by atoms with E-state index in [1.807, 2.05) is 62.4 Å². The number of aliphatic hydroxyl groups is 1. The van der Waals surface area contributed by atoms with Crippen molar-refractivity contribution >= 4 is 6.09 Å². The standard InChI is InChI=1S/C19H23NO4.C2H6/c1-19(2,3)24-18(22)20-17(13-21)14-8-7-11-16(12-14)23-15-9-5-4-6-10-15;1-2/h4-12,17,21H,13H2,1-3H3,(H,20,22);1-2H3. The zero-order valence-electron chi connectivity index (χ0n) is 16.2. The van der Waals surface area contributed by atoms with E-state index in [-0.39, 0.29) is 6.61 Å². The van der Waals surface area contributed by atoms with Crippen molar-refractivity contribution < 1.29 is 19.4 Å². The van der Waals surface area contributed by atoms with Crippen LogP contribution in [0, 0.1) is 0 Å². The Morgan fingerprint density at radius 1 is 1.04 bits per heavy atom. The van der Waals surface area contributed by atoms with Gasteiger partial charge >= 0.3 is 6.09 Å². The zero-order chi connectivity index (χ0) is 19.6. The predicted octanol–water partition coefficient (Wildman–Crippen LogP) is 5.06. The highest BCUT2D eigenvalue weighted by Crippen LogP contribution is 2.24. The van der Waals surface area contributed by atoms with Crippen LogP contribution < -0.4 is 10.1 Å². The van der Waals surface area contributed by atoms with Gasteiger partial charge in [0.05, 0.1) is 12.6 Å². The van der Waals surface area contributed by atoms with Gasteiger partial charge in [0.25, 0.3) is 0 Å². The maximum Gasteiger partial charge on any atom is 0.408 e. The molecule has 0 bridgehead atoms. The minimum atomic E-state index is -0.595. The summed E-state index contributed by atoms with van der Waals surface area (Å²) in [5.41, 5.74) is 0.138. The molecule has 0 saturated carbocycles. The summed E-state index contributed by atoms with van der Waals surface area (Å²) in [5.74, 6) is 1.35. The second-order valence-electron chi connectivity index (χ2n) is 6.37. The van der Waals surface area contributed by atoms with Gasteiger partial charge in [-0.15, -0.1) is 0 Å². The molecular weight excluding hydrogens is 330 g/mol. The van der Waals surface area contributed by atoms with E-state index < -0.39 is 17.7 Å². The van der Waals surface area contributed by atoms with E-state index in [0.29, 0.717) is 5.75 Å². The van der Waals surface area contributed by atoms with Crippen LogP contribution in [0.3, 0.4) is 0 Å². The van der Waals surface area contributed by atoms with E-state index in [2.05, 4.69) is 5.32 Å². The number of alkyl carbamates (subject to hydrolysis) is 1. The molecule has 142 valence electrons. The molecule has 2 rings (SSSR count). The Kier molecular flexibility index (Phi) is 8.65. The Bertz CT molecular complexity index is 665. The van der Waals surface area contributed by atoms with Gasteiger partial charge in [-0.2, -0.15) is 0 Å². The van der Waals surface area contributed by atoms with Crippen molar-refractivity contribution in [1.29, 1.82) is 0 Å². The molecule has 2 N–H and O–H groups in total. The molecule has 0 aliphatic carbocycles. The monoisotopic (exact) mass is 359 g/mol. The lowest BCUT2D eigenvalue weighted by Gasteiger charge is -2.23. The first kappa shape index (κ1) is 21.5. The molecule has 0 radical (unpaired) electrons. The quantitative estimate of drug-likeness (QED) is 0.783. The topological polar surface area (TPSA) is 67.8 Å². The summed E-state index contributed by atoms with van der Waals surface area (Å²) in [4.78, 5) is 11.9. The van der Waals surface area contributed by atoms with Gasteiger partial charge in [-0.3, -0.25) is 0 Å². The van der Waals surface area contributed by atoms with Gasteiger partial charge in [-0.1, -0.05) is 44.2 Å². The summed E-state index contributed by atoms with van der Waals surface area (Å²) in [6.45, 7) is 9.12. The molecule has 5 heteroatoms. The van der Waals surface area contributed by atoms with Crippen molar-refractivity contribution in [2.75, 3.05) is 6.61 Å². The molecule has 0 fully saturated rings. The molecule has 0 spiro atoms. The zero-order valence-corrected chi connectivity index (χ0v) is 16.2. The van der Waals surface area contributed by atoms with Crippen LogP contribution >= 0.6 is 0 Å². The molecule has 0 saturated heterocycles. The first-order valence-electron chi connectivity index (χ1n) is 8.80. The Balaban J connectivity index is 0.00000163. The molecule has 0 aliphatic rings. The fourth-order valence-corrected chi connectivity index (χ4v) is 2.10. The minimum Gasteiger partial charge on any atom is -0.457 e. The van der Waals surface area contributed by atoms with Crippen LogP contribution in [0.5, 0.6) is 11.5 Å². The van der Waals surface area contributed by atoms with Gasteiger partial charge in [-0.05, 0) is 50.6 Å². The predicted molar refractivity (Wildman–Crippen MR) is 104 cm³/mol. The van der Waals surface area contributed by atoms with Crippen LogP contribution in [0.4, 0.5) is 4.79 Å². The highest BCUT2D eigenvalue weighted by molar-refractivity contribution is 5.68. The van der Waals surface area contributed by atoms with Gasteiger partial charge in [0, 0.05) is 0 Å². The third kappa shape index (κ3) is 7.57.